The second-order valence-corrected chi connectivity index (χ2v) is 11.7. The molecule has 3 aromatic rings. The highest BCUT2D eigenvalue weighted by Gasteiger charge is 2.28. The Bertz CT molecular complexity index is 1570. The lowest BCUT2D eigenvalue weighted by atomic mass is 9.95. The molecule has 0 fully saturated rings. The molecule has 0 radical (unpaired) electrons. The van der Waals surface area contributed by atoms with Crippen LogP contribution in [0.4, 0.5) is 16.4 Å². The molecule has 39 heavy (non-hydrogen) atoms. The predicted molar refractivity (Wildman–Crippen MR) is 147 cm³/mol. The summed E-state index contributed by atoms with van der Waals surface area (Å²) in [6.45, 7) is 1.86. The number of ether oxygens (including phenoxy) is 2. The molecule has 2 N–H and O–H groups in total. The van der Waals surface area contributed by atoms with E-state index in [0.29, 0.717) is 17.0 Å². The Labute approximate surface area is 233 Å². The summed E-state index contributed by atoms with van der Waals surface area (Å²) in [5.74, 6) is -1.19. The zero-order chi connectivity index (χ0) is 28.3. The average molecular weight is 594 g/mol. The molecule has 4 rings (SSSR count). The van der Waals surface area contributed by atoms with E-state index in [1.807, 2.05) is 0 Å². The van der Waals surface area contributed by atoms with Crippen LogP contribution in [0.25, 0.3) is 0 Å². The number of halogens is 1. The molecule has 1 aliphatic carbocycles. The van der Waals surface area contributed by atoms with Gasteiger partial charge in [0.25, 0.3) is 21.6 Å². The molecule has 0 atom stereocenters. The zero-order valence-corrected chi connectivity index (χ0v) is 23.3. The smallest absolute Gasteiger partial charge is 0.341 e. The maximum Gasteiger partial charge on any atom is 0.341 e. The number of hydrogen-bond acceptors (Lipinski definition) is 9. The third kappa shape index (κ3) is 6.00. The van der Waals surface area contributed by atoms with Gasteiger partial charge in [0.05, 0.1) is 45.4 Å². The van der Waals surface area contributed by atoms with Gasteiger partial charge in [-0.15, -0.1) is 11.3 Å². The number of nitrogens with one attached hydrogen (secondary N) is 2. The van der Waals surface area contributed by atoms with Crippen LogP contribution in [-0.2, 0) is 27.6 Å². The van der Waals surface area contributed by atoms with Gasteiger partial charge in [-0.2, -0.15) is 0 Å². The highest BCUT2D eigenvalue weighted by molar-refractivity contribution is 7.92. The van der Waals surface area contributed by atoms with Gasteiger partial charge in [0.1, 0.15) is 10.8 Å². The number of methoxy groups -OCH3 is 1. The maximum absolute atomic E-state index is 13.3. The molecule has 1 aromatic heterocycles. The SMILES string of the molecule is CCOC(=O)c1c(NC(=O)c2cc(S(=O)(=O)Nc3cc([N+](=O)[O-])ccc3OC)ccc2Cl)sc2c1CCCC2. The van der Waals surface area contributed by atoms with Gasteiger partial charge in [-0.25, -0.2) is 13.2 Å². The first-order valence-corrected chi connectivity index (χ1v) is 14.5. The number of aryl methyl sites for hydroxylation is 1. The number of nitrogens with zero attached hydrogens (tertiary/aromatic N) is 1. The van der Waals surface area contributed by atoms with Gasteiger partial charge in [-0.05, 0) is 62.4 Å². The molecule has 0 unspecified atom stereocenters. The number of rotatable bonds is 9. The van der Waals surface area contributed by atoms with E-state index in [1.165, 1.54) is 42.7 Å². The van der Waals surface area contributed by atoms with Gasteiger partial charge in [0.2, 0.25) is 0 Å². The Morgan fingerprint density at radius 2 is 1.90 bits per heavy atom. The number of amides is 1. The van der Waals surface area contributed by atoms with Crippen LogP contribution in [0.1, 0.15) is 50.9 Å². The van der Waals surface area contributed by atoms with E-state index < -0.39 is 26.8 Å². The van der Waals surface area contributed by atoms with Crippen molar-refractivity contribution in [3.63, 3.8) is 0 Å². The Morgan fingerprint density at radius 1 is 1.15 bits per heavy atom. The minimum Gasteiger partial charge on any atom is -0.495 e. The van der Waals surface area contributed by atoms with E-state index in [-0.39, 0.29) is 39.2 Å². The van der Waals surface area contributed by atoms with Crippen LogP contribution in [0.15, 0.2) is 41.3 Å². The van der Waals surface area contributed by atoms with Crippen molar-refractivity contribution in [1.29, 1.82) is 0 Å². The number of non-ortho nitro benzene ring substituents is 1. The first kappa shape index (κ1) is 28.3. The summed E-state index contributed by atoms with van der Waals surface area (Å²) >= 11 is 7.55. The second kappa shape index (κ2) is 11.6. The monoisotopic (exact) mass is 593 g/mol. The average Bonchev–Trinajstić information content (AvgIpc) is 3.26. The number of anilines is 2. The lowest BCUT2D eigenvalue weighted by molar-refractivity contribution is -0.384. The number of benzene rings is 2. The van der Waals surface area contributed by atoms with Gasteiger partial charge >= 0.3 is 5.97 Å². The molecule has 0 bridgehead atoms. The molecule has 14 heteroatoms. The minimum absolute atomic E-state index is 0.0154. The molecule has 206 valence electrons. The maximum atomic E-state index is 13.3. The topological polar surface area (TPSA) is 154 Å². The van der Waals surface area contributed by atoms with Gasteiger partial charge in [0, 0.05) is 17.0 Å². The predicted octanol–water partition coefficient (Wildman–Crippen LogP) is 5.43. The quantitative estimate of drug-likeness (QED) is 0.189. The van der Waals surface area contributed by atoms with Gasteiger partial charge < -0.3 is 14.8 Å². The lowest BCUT2D eigenvalue weighted by Crippen LogP contribution is -2.18. The summed E-state index contributed by atoms with van der Waals surface area (Å²) in [5, 5.41) is 14.2. The lowest BCUT2D eigenvalue weighted by Gasteiger charge is -2.13. The van der Waals surface area contributed by atoms with Crippen molar-refractivity contribution in [2.24, 2.45) is 0 Å². The molecule has 11 nitrogen and oxygen atoms in total. The van der Waals surface area contributed by atoms with Crippen LogP contribution in [0.2, 0.25) is 5.02 Å². The van der Waals surface area contributed by atoms with E-state index >= 15 is 0 Å². The van der Waals surface area contributed by atoms with Crippen LogP contribution >= 0.6 is 22.9 Å². The number of thiophene rings is 1. The summed E-state index contributed by atoms with van der Waals surface area (Å²) in [6.07, 6.45) is 3.36. The van der Waals surface area contributed by atoms with Crippen molar-refractivity contribution in [3.05, 3.63) is 73.1 Å². The van der Waals surface area contributed by atoms with E-state index in [0.717, 1.165) is 41.8 Å². The Hall–Kier alpha value is -3.68. The van der Waals surface area contributed by atoms with Crippen molar-refractivity contribution in [2.75, 3.05) is 23.8 Å². The molecular weight excluding hydrogens is 570 g/mol. The van der Waals surface area contributed by atoms with Crippen LogP contribution in [0.5, 0.6) is 5.75 Å². The van der Waals surface area contributed by atoms with E-state index in [9.17, 15) is 28.1 Å². The Morgan fingerprint density at radius 3 is 2.59 bits per heavy atom. The normalized spacial score (nSPS) is 12.8. The molecule has 1 aliphatic rings. The summed E-state index contributed by atoms with van der Waals surface area (Å²) < 4.78 is 38.9. The molecule has 0 saturated carbocycles. The highest BCUT2D eigenvalue weighted by Crippen LogP contribution is 2.39. The number of hydrogen-bond donors (Lipinski definition) is 2. The number of carbonyl (C=O) groups is 2. The van der Waals surface area contributed by atoms with Crippen LogP contribution in [0, 0.1) is 10.1 Å². The van der Waals surface area contributed by atoms with E-state index in [2.05, 4.69) is 10.0 Å². The Balaban J connectivity index is 1.66. The summed E-state index contributed by atoms with van der Waals surface area (Å²) in [5.41, 5.74) is 0.519. The van der Waals surface area contributed by atoms with Crippen LogP contribution in [-0.4, -0.2) is 38.9 Å². The number of fused-ring (bicyclic) bond motifs is 1. The number of nitro benzene ring substituents is 1. The molecule has 2 aromatic carbocycles. The van der Waals surface area contributed by atoms with Gasteiger partial charge in [-0.1, -0.05) is 11.6 Å². The number of esters is 1. The van der Waals surface area contributed by atoms with Crippen molar-refractivity contribution in [3.8, 4) is 5.75 Å². The molecule has 0 aliphatic heterocycles. The van der Waals surface area contributed by atoms with Gasteiger partial charge in [0.15, 0.2) is 0 Å². The summed E-state index contributed by atoms with van der Waals surface area (Å²) in [4.78, 5) is 37.2. The molecule has 1 heterocycles. The third-order valence-corrected chi connectivity index (χ3v) is 8.91. The fraction of sp³-hybridized carbons (Fsp3) is 0.280. The highest BCUT2D eigenvalue weighted by atomic mass is 35.5. The van der Waals surface area contributed by atoms with Crippen molar-refractivity contribution in [2.45, 2.75) is 37.5 Å². The third-order valence-electron chi connectivity index (χ3n) is 6.01. The first-order valence-electron chi connectivity index (χ1n) is 11.8. The largest absolute Gasteiger partial charge is 0.495 e. The van der Waals surface area contributed by atoms with Gasteiger partial charge in [-0.3, -0.25) is 19.6 Å². The molecule has 0 saturated heterocycles. The Kier molecular flexibility index (Phi) is 8.42. The fourth-order valence-corrected chi connectivity index (χ4v) is 6.75. The standard InChI is InChI=1S/C25H24ClN3O8S2/c1-3-37-25(31)22-16-6-4-5-7-21(16)38-24(22)27-23(30)17-13-15(9-10-18(17)26)39(34,35)28-19-12-14(29(32)33)8-11-20(19)36-2/h8-13,28H,3-7H2,1-2H3,(H,27,30). The molecular formula is C25H24ClN3O8S2. The van der Waals surface area contributed by atoms with Crippen LogP contribution < -0.4 is 14.8 Å². The molecule has 0 spiro atoms. The first-order chi connectivity index (χ1) is 18.6. The van der Waals surface area contributed by atoms with E-state index in [4.69, 9.17) is 21.1 Å². The van der Waals surface area contributed by atoms with Crippen molar-refractivity contribution >= 4 is 61.2 Å². The zero-order valence-electron chi connectivity index (χ0n) is 20.9. The van der Waals surface area contributed by atoms with Crippen molar-refractivity contribution in [1.82, 2.24) is 0 Å². The van der Waals surface area contributed by atoms with Crippen LogP contribution in [0.3, 0.4) is 0 Å². The molecule has 1 amide bonds. The fourth-order valence-electron chi connectivity index (χ4n) is 4.18. The number of sulfonamides is 1. The van der Waals surface area contributed by atoms with Crippen molar-refractivity contribution < 1.29 is 32.4 Å². The minimum atomic E-state index is -4.33. The summed E-state index contributed by atoms with van der Waals surface area (Å²) in [7, 11) is -3.04. The number of carbonyl (C=O) groups excluding carboxylic acids is 2. The number of nitro groups is 1. The summed E-state index contributed by atoms with van der Waals surface area (Å²) in [6, 6.07) is 6.99. The second-order valence-electron chi connectivity index (χ2n) is 8.48. The van der Waals surface area contributed by atoms with E-state index in [1.54, 1.807) is 6.92 Å².